The largest absolute Gasteiger partial charge is 0.308 e. The molecule has 52 heavy (non-hydrogen) atoms. The van der Waals surface area contributed by atoms with Gasteiger partial charge in [-0.05, 0) is 81.6 Å². The van der Waals surface area contributed by atoms with Crippen LogP contribution in [0.1, 0.15) is 0 Å². The molecule has 0 atom stereocenters. The Hall–Kier alpha value is -6.90. The SMILES string of the molecule is c1ccc(-c2cc(N(c3ccccc3)c3cccc4ccccc34)c(N(c3ccccc3)c3cccc4ccccc34)cc2-c2ccccc2)cc1. The van der Waals surface area contributed by atoms with E-state index in [-0.39, 0.29) is 0 Å². The molecule has 0 aliphatic carbocycles. The first kappa shape index (κ1) is 31.1. The summed E-state index contributed by atoms with van der Waals surface area (Å²) in [5.41, 5.74) is 11.2. The van der Waals surface area contributed by atoms with E-state index >= 15 is 0 Å². The zero-order valence-electron chi connectivity index (χ0n) is 28.7. The highest BCUT2D eigenvalue weighted by Crippen LogP contribution is 2.51. The van der Waals surface area contributed by atoms with Gasteiger partial charge in [-0.3, -0.25) is 0 Å². The Morgan fingerprint density at radius 3 is 0.981 bits per heavy atom. The molecule has 9 rings (SSSR count). The van der Waals surface area contributed by atoms with Crippen molar-refractivity contribution in [1.82, 2.24) is 0 Å². The molecule has 0 saturated heterocycles. The molecule has 0 spiro atoms. The van der Waals surface area contributed by atoms with Gasteiger partial charge in [-0.1, -0.05) is 170 Å². The first-order valence-corrected chi connectivity index (χ1v) is 17.8. The van der Waals surface area contributed by atoms with Crippen LogP contribution in [-0.4, -0.2) is 0 Å². The summed E-state index contributed by atoms with van der Waals surface area (Å²) < 4.78 is 0. The van der Waals surface area contributed by atoms with E-state index in [0.29, 0.717) is 0 Å². The van der Waals surface area contributed by atoms with E-state index in [1.165, 1.54) is 21.5 Å². The zero-order valence-corrected chi connectivity index (χ0v) is 28.7. The molecule has 9 aromatic rings. The fraction of sp³-hybridized carbons (Fsp3) is 0. The van der Waals surface area contributed by atoms with Gasteiger partial charge in [0, 0.05) is 22.1 Å². The summed E-state index contributed by atoms with van der Waals surface area (Å²) in [6, 6.07) is 78.5. The molecule has 0 heterocycles. The lowest BCUT2D eigenvalue weighted by atomic mass is 9.91. The van der Waals surface area contributed by atoms with Gasteiger partial charge in [-0.15, -0.1) is 0 Å². The fourth-order valence-corrected chi connectivity index (χ4v) is 7.42. The molecule has 0 amide bonds. The van der Waals surface area contributed by atoms with Crippen LogP contribution in [0.3, 0.4) is 0 Å². The van der Waals surface area contributed by atoms with E-state index in [9.17, 15) is 0 Å². The fourth-order valence-electron chi connectivity index (χ4n) is 7.42. The van der Waals surface area contributed by atoms with Gasteiger partial charge in [0.15, 0.2) is 0 Å². The molecule has 2 heteroatoms. The van der Waals surface area contributed by atoms with Gasteiger partial charge in [0.2, 0.25) is 0 Å². The Labute approximate surface area is 305 Å². The molecule has 0 aliphatic rings. The number of benzene rings is 9. The van der Waals surface area contributed by atoms with Crippen LogP contribution in [0.4, 0.5) is 34.1 Å². The second-order valence-electron chi connectivity index (χ2n) is 13.0. The minimum atomic E-state index is 1.07. The average Bonchev–Trinajstić information content (AvgIpc) is 3.23. The van der Waals surface area contributed by atoms with E-state index < -0.39 is 0 Å². The standard InChI is InChI=1S/C50H36N2/c1-5-19-39(20-6-1)45-35-49(51(41-27-9-3-10-28-41)47-33-17-25-37-23-13-15-31-43(37)47)50(36-46(45)40-21-7-2-8-22-40)52(42-29-11-4-12-30-42)48-34-18-26-38-24-14-16-32-44(38)48/h1-36H. The van der Waals surface area contributed by atoms with Crippen LogP contribution in [0.5, 0.6) is 0 Å². The van der Waals surface area contributed by atoms with Gasteiger partial charge in [0.25, 0.3) is 0 Å². The number of hydrogen-bond donors (Lipinski definition) is 0. The van der Waals surface area contributed by atoms with Crippen molar-refractivity contribution in [1.29, 1.82) is 0 Å². The Morgan fingerprint density at radius 1 is 0.250 bits per heavy atom. The van der Waals surface area contributed by atoms with Crippen LogP contribution in [0.25, 0.3) is 43.8 Å². The number of nitrogens with zero attached hydrogens (tertiary/aromatic N) is 2. The molecular weight excluding hydrogens is 629 g/mol. The second kappa shape index (κ2) is 13.8. The molecule has 0 saturated carbocycles. The monoisotopic (exact) mass is 664 g/mol. The third kappa shape index (κ3) is 5.77. The highest BCUT2D eigenvalue weighted by atomic mass is 15.2. The van der Waals surface area contributed by atoms with Crippen molar-refractivity contribution in [3.63, 3.8) is 0 Å². The van der Waals surface area contributed by atoms with Gasteiger partial charge in [0.05, 0.1) is 22.7 Å². The molecule has 0 unspecified atom stereocenters. The maximum atomic E-state index is 2.44. The van der Waals surface area contributed by atoms with Crippen molar-refractivity contribution in [3.05, 3.63) is 218 Å². The normalized spacial score (nSPS) is 11.1. The summed E-state index contributed by atoms with van der Waals surface area (Å²) in [5.74, 6) is 0. The highest BCUT2D eigenvalue weighted by Gasteiger charge is 2.27. The lowest BCUT2D eigenvalue weighted by Crippen LogP contribution is -2.18. The quantitative estimate of drug-likeness (QED) is 0.159. The summed E-state index contributed by atoms with van der Waals surface area (Å²) in [6.07, 6.45) is 0. The summed E-state index contributed by atoms with van der Waals surface area (Å²) in [7, 11) is 0. The number of hydrogen-bond acceptors (Lipinski definition) is 2. The number of fused-ring (bicyclic) bond motifs is 2. The molecule has 0 bridgehead atoms. The van der Waals surface area contributed by atoms with Gasteiger partial charge in [-0.2, -0.15) is 0 Å². The Morgan fingerprint density at radius 2 is 0.577 bits per heavy atom. The third-order valence-corrected chi connectivity index (χ3v) is 9.81. The average molecular weight is 665 g/mol. The van der Waals surface area contributed by atoms with Gasteiger partial charge < -0.3 is 9.80 Å². The first-order valence-electron chi connectivity index (χ1n) is 17.8. The summed E-state index contributed by atoms with van der Waals surface area (Å²) >= 11 is 0. The van der Waals surface area contributed by atoms with Crippen molar-refractivity contribution in [2.75, 3.05) is 9.80 Å². The van der Waals surface area contributed by atoms with Gasteiger partial charge in [-0.25, -0.2) is 0 Å². The summed E-state index contributed by atoms with van der Waals surface area (Å²) in [6.45, 7) is 0. The Balaban J connectivity index is 1.45. The van der Waals surface area contributed by atoms with Crippen LogP contribution in [0.15, 0.2) is 218 Å². The van der Waals surface area contributed by atoms with Crippen molar-refractivity contribution in [3.8, 4) is 22.3 Å². The Bertz CT molecular complexity index is 2420. The summed E-state index contributed by atoms with van der Waals surface area (Å²) in [4.78, 5) is 4.89. The predicted molar refractivity (Wildman–Crippen MR) is 222 cm³/mol. The Kier molecular flexibility index (Phi) is 8.24. The first-order chi connectivity index (χ1) is 25.8. The van der Waals surface area contributed by atoms with Crippen LogP contribution in [0, 0.1) is 0 Å². The highest BCUT2D eigenvalue weighted by molar-refractivity contribution is 6.06. The lowest BCUT2D eigenvalue weighted by Gasteiger charge is -2.35. The van der Waals surface area contributed by atoms with Crippen molar-refractivity contribution in [2.45, 2.75) is 0 Å². The van der Waals surface area contributed by atoms with Gasteiger partial charge >= 0.3 is 0 Å². The summed E-state index contributed by atoms with van der Waals surface area (Å²) in [5, 5.41) is 4.76. The number of rotatable bonds is 8. The van der Waals surface area contributed by atoms with E-state index in [4.69, 9.17) is 0 Å². The maximum absolute atomic E-state index is 2.44. The lowest BCUT2D eigenvalue weighted by molar-refractivity contribution is 1.24. The van der Waals surface area contributed by atoms with Crippen LogP contribution in [-0.2, 0) is 0 Å². The molecular formula is C50H36N2. The predicted octanol–water partition coefficient (Wildman–Crippen LogP) is 14.3. The molecule has 0 aliphatic heterocycles. The van der Waals surface area contributed by atoms with Crippen molar-refractivity contribution < 1.29 is 0 Å². The topological polar surface area (TPSA) is 6.48 Å². The van der Waals surface area contributed by atoms with Crippen molar-refractivity contribution in [2.24, 2.45) is 0 Å². The number of anilines is 6. The molecule has 0 radical (unpaired) electrons. The molecule has 9 aromatic carbocycles. The molecule has 0 aromatic heterocycles. The van der Waals surface area contributed by atoms with E-state index in [0.717, 1.165) is 56.4 Å². The minimum Gasteiger partial charge on any atom is -0.308 e. The number of para-hydroxylation sites is 2. The van der Waals surface area contributed by atoms with Crippen LogP contribution >= 0.6 is 0 Å². The molecule has 2 nitrogen and oxygen atoms in total. The van der Waals surface area contributed by atoms with E-state index in [1.54, 1.807) is 0 Å². The minimum absolute atomic E-state index is 1.07. The zero-order chi connectivity index (χ0) is 34.7. The molecule has 246 valence electrons. The van der Waals surface area contributed by atoms with Crippen LogP contribution < -0.4 is 9.80 Å². The molecule has 0 N–H and O–H groups in total. The van der Waals surface area contributed by atoms with Gasteiger partial charge in [0.1, 0.15) is 0 Å². The smallest absolute Gasteiger partial charge is 0.0709 e. The maximum Gasteiger partial charge on any atom is 0.0709 e. The third-order valence-electron chi connectivity index (χ3n) is 9.81. The second-order valence-corrected chi connectivity index (χ2v) is 13.0. The van der Waals surface area contributed by atoms with Crippen LogP contribution in [0.2, 0.25) is 0 Å². The van der Waals surface area contributed by atoms with E-state index in [1.807, 2.05) is 0 Å². The van der Waals surface area contributed by atoms with Crippen molar-refractivity contribution >= 4 is 55.7 Å². The molecule has 0 fully saturated rings. The van der Waals surface area contributed by atoms with E-state index in [2.05, 4.69) is 228 Å².